The summed E-state index contributed by atoms with van der Waals surface area (Å²) in [7, 11) is 0. The third-order valence-corrected chi connectivity index (χ3v) is 5.36. The van der Waals surface area contributed by atoms with E-state index < -0.39 is 0 Å². The van der Waals surface area contributed by atoms with Crippen LogP contribution in [0.5, 0.6) is 0 Å². The van der Waals surface area contributed by atoms with Gasteiger partial charge in [-0.1, -0.05) is 61.2 Å². The van der Waals surface area contributed by atoms with Crippen molar-refractivity contribution >= 4 is 34.4 Å². The summed E-state index contributed by atoms with van der Waals surface area (Å²) in [6.45, 7) is 0. The Morgan fingerprint density at radius 3 is 2.52 bits per heavy atom. The Morgan fingerprint density at radius 2 is 1.78 bits per heavy atom. The second kappa shape index (κ2) is 7.57. The molecule has 138 valence electrons. The molecule has 0 bridgehead atoms. The molecule has 1 heterocycles. The van der Waals surface area contributed by atoms with Gasteiger partial charge in [-0.15, -0.1) is 0 Å². The number of carbonyl (C=O) groups is 1. The molecule has 1 aliphatic carbocycles. The second-order valence-corrected chi connectivity index (χ2v) is 7.40. The molecule has 1 aromatic heterocycles. The highest BCUT2D eigenvalue weighted by atomic mass is 35.5. The summed E-state index contributed by atoms with van der Waals surface area (Å²) in [6, 6.07) is 14.2. The molecule has 0 saturated heterocycles. The van der Waals surface area contributed by atoms with E-state index in [9.17, 15) is 9.59 Å². The van der Waals surface area contributed by atoms with Crippen LogP contribution in [0.1, 0.15) is 32.1 Å². The van der Waals surface area contributed by atoms with Crippen molar-refractivity contribution < 1.29 is 9.21 Å². The molecule has 2 aromatic carbocycles. The summed E-state index contributed by atoms with van der Waals surface area (Å²) in [6.07, 6.45) is 5.04. The number of hydrogen-bond donors (Lipinski definition) is 1. The van der Waals surface area contributed by atoms with Crippen LogP contribution in [0, 0.1) is 5.92 Å². The molecule has 1 saturated carbocycles. The van der Waals surface area contributed by atoms with Crippen LogP contribution in [-0.4, -0.2) is 5.91 Å². The van der Waals surface area contributed by atoms with Gasteiger partial charge >= 0.3 is 0 Å². The summed E-state index contributed by atoms with van der Waals surface area (Å²) in [5.74, 6) is 0.0912. The van der Waals surface area contributed by atoms with Gasteiger partial charge in [-0.2, -0.15) is 0 Å². The van der Waals surface area contributed by atoms with E-state index in [0.717, 1.165) is 25.7 Å². The lowest BCUT2D eigenvalue weighted by molar-refractivity contribution is -0.120. The zero-order valence-corrected chi connectivity index (χ0v) is 15.6. The lowest BCUT2D eigenvalue weighted by atomic mass is 9.88. The Kier molecular flexibility index (Phi) is 4.99. The van der Waals surface area contributed by atoms with Crippen LogP contribution >= 0.6 is 11.6 Å². The minimum Gasteiger partial charge on any atom is -0.439 e. The highest BCUT2D eigenvalue weighted by molar-refractivity contribution is 6.31. The monoisotopic (exact) mass is 381 g/mol. The van der Waals surface area contributed by atoms with Gasteiger partial charge in [0.1, 0.15) is 5.58 Å². The number of fused-ring (bicyclic) bond motifs is 1. The first kappa shape index (κ1) is 17.8. The molecule has 3 aromatic rings. The molecule has 0 atom stereocenters. The van der Waals surface area contributed by atoms with Crippen LogP contribution in [0.4, 0.5) is 5.88 Å². The molecule has 5 heteroatoms. The predicted molar refractivity (Wildman–Crippen MR) is 108 cm³/mol. The third kappa shape index (κ3) is 3.62. The second-order valence-electron chi connectivity index (χ2n) is 6.97. The van der Waals surface area contributed by atoms with Crippen molar-refractivity contribution in [3.63, 3.8) is 0 Å². The topological polar surface area (TPSA) is 59.3 Å². The maximum absolute atomic E-state index is 13.2. The van der Waals surface area contributed by atoms with Crippen LogP contribution < -0.4 is 10.7 Å². The van der Waals surface area contributed by atoms with Crippen LogP contribution in [0.15, 0.2) is 57.7 Å². The quantitative estimate of drug-likeness (QED) is 0.639. The number of carbonyl (C=O) groups excluding carboxylic acids is 1. The van der Waals surface area contributed by atoms with Crippen molar-refractivity contribution in [3.05, 3.63) is 63.8 Å². The number of amides is 1. The van der Waals surface area contributed by atoms with Crippen molar-refractivity contribution in [1.82, 2.24) is 0 Å². The average Bonchev–Trinajstić information content (AvgIpc) is 2.70. The summed E-state index contributed by atoms with van der Waals surface area (Å²) in [4.78, 5) is 25.9. The molecule has 0 unspecified atom stereocenters. The minimum absolute atomic E-state index is 0.0337. The first-order valence-corrected chi connectivity index (χ1v) is 9.64. The van der Waals surface area contributed by atoms with Crippen molar-refractivity contribution in [2.45, 2.75) is 32.1 Å². The fourth-order valence-electron chi connectivity index (χ4n) is 3.70. The van der Waals surface area contributed by atoms with Crippen molar-refractivity contribution in [2.75, 3.05) is 5.32 Å². The van der Waals surface area contributed by atoms with Crippen LogP contribution in [0.2, 0.25) is 5.02 Å². The highest BCUT2D eigenvalue weighted by Gasteiger charge is 2.24. The Bertz CT molecular complexity index is 1040. The van der Waals surface area contributed by atoms with Crippen LogP contribution in [0.25, 0.3) is 22.1 Å². The zero-order chi connectivity index (χ0) is 18.8. The number of benzene rings is 2. The SMILES string of the molecule is O=C(Nc1oc2ccc(Cl)cc2c(=O)c1-c1ccccc1)C1CCCCC1. The standard InChI is InChI=1S/C22H20ClNO3/c23-16-11-12-18-17(13-16)20(25)19(14-7-3-1-4-8-14)22(27-18)24-21(26)15-9-5-2-6-10-15/h1,3-4,7-8,11-13,15H,2,5-6,9-10H2,(H,24,26). The molecule has 0 spiro atoms. The van der Waals surface area contributed by atoms with Crippen molar-refractivity contribution in [2.24, 2.45) is 5.92 Å². The summed E-state index contributed by atoms with van der Waals surface area (Å²) in [5.41, 5.74) is 1.26. The molecule has 1 fully saturated rings. The number of hydrogen-bond acceptors (Lipinski definition) is 3. The third-order valence-electron chi connectivity index (χ3n) is 5.13. The van der Waals surface area contributed by atoms with Gasteiger partial charge in [0.25, 0.3) is 0 Å². The van der Waals surface area contributed by atoms with Gasteiger partial charge in [0.05, 0.1) is 10.9 Å². The zero-order valence-electron chi connectivity index (χ0n) is 14.8. The number of rotatable bonds is 3. The van der Waals surface area contributed by atoms with E-state index in [4.69, 9.17) is 16.0 Å². The van der Waals surface area contributed by atoms with Gasteiger partial charge in [-0.3, -0.25) is 14.9 Å². The molecular formula is C22H20ClNO3. The summed E-state index contributed by atoms with van der Waals surface area (Å²) >= 11 is 6.06. The van der Waals surface area contributed by atoms with Gasteiger partial charge in [-0.05, 0) is 36.6 Å². The molecule has 0 aliphatic heterocycles. The first-order valence-electron chi connectivity index (χ1n) is 9.26. The van der Waals surface area contributed by atoms with E-state index in [-0.39, 0.29) is 23.1 Å². The van der Waals surface area contributed by atoms with Gasteiger partial charge in [0.15, 0.2) is 0 Å². The minimum atomic E-state index is -0.205. The highest BCUT2D eigenvalue weighted by Crippen LogP contribution is 2.31. The maximum atomic E-state index is 13.2. The average molecular weight is 382 g/mol. The van der Waals surface area contributed by atoms with Gasteiger partial charge in [0.2, 0.25) is 17.2 Å². The Labute approximate surface area is 162 Å². The normalized spacial score (nSPS) is 15.0. The maximum Gasteiger partial charge on any atom is 0.229 e. The van der Waals surface area contributed by atoms with E-state index in [1.807, 2.05) is 30.3 Å². The number of anilines is 1. The van der Waals surface area contributed by atoms with E-state index >= 15 is 0 Å². The molecule has 0 radical (unpaired) electrons. The Morgan fingerprint density at radius 1 is 1.04 bits per heavy atom. The van der Waals surface area contributed by atoms with Crippen LogP contribution in [0.3, 0.4) is 0 Å². The van der Waals surface area contributed by atoms with E-state index in [1.165, 1.54) is 6.42 Å². The number of halogens is 1. The summed E-state index contributed by atoms with van der Waals surface area (Å²) < 4.78 is 5.95. The summed E-state index contributed by atoms with van der Waals surface area (Å²) in [5, 5.41) is 3.75. The van der Waals surface area contributed by atoms with Gasteiger partial charge < -0.3 is 4.42 Å². The Hall–Kier alpha value is -2.59. The van der Waals surface area contributed by atoms with Gasteiger partial charge in [-0.25, -0.2) is 0 Å². The Balaban J connectivity index is 1.84. The number of nitrogens with one attached hydrogen (secondary N) is 1. The predicted octanol–water partition coefficient (Wildman–Crippen LogP) is 5.63. The van der Waals surface area contributed by atoms with Gasteiger partial charge in [0, 0.05) is 10.9 Å². The van der Waals surface area contributed by atoms with E-state index in [2.05, 4.69) is 5.32 Å². The molecular weight excluding hydrogens is 362 g/mol. The molecule has 1 aliphatic rings. The van der Waals surface area contributed by atoms with E-state index in [0.29, 0.717) is 27.1 Å². The molecule has 4 rings (SSSR count). The lowest BCUT2D eigenvalue weighted by Gasteiger charge is -2.21. The molecule has 4 nitrogen and oxygen atoms in total. The lowest BCUT2D eigenvalue weighted by Crippen LogP contribution is -2.26. The van der Waals surface area contributed by atoms with Crippen molar-refractivity contribution in [1.29, 1.82) is 0 Å². The largest absolute Gasteiger partial charge is 0.439 e. The molecule has 27 heavy (non-hydrogen) atoms. The molecule has 1 N–H and O–H groups in total. The fraction of sp³-hybridized carbons (Fsp3) is 0.273. The molecule has 1 amide bonds. The van der Waals surface area contributed by atoms with Crippen LogP contribution in [-0.2, 0) is 4.79 Å². The smallest absolute Gasteiger partial charge is 0.229 e. The van der Waals surface area contributed by atoms with E-state index in [1.54, 1.807) is 18.2 Å². The first-order chi connectivity index (χ1) is 13.1. The fourth-order valence-corrected chi connectivity index (χ4v) is 3.87. The van der Waals surface area contributed by atoms with Crippen molar-refractivity contribution in [3.8, 4) is 11.1 Å².